The van der Waals surface area contributed by atoms with Gasteiger partial charge >= 0.3 is 0 Å². The molecule has 2 rings (SSSR count). The lowest BCUT2D eigenvalue weighted by Crippen LogP contribution is -2.28. The van der Waals surface area contributed by atoms with Crippen LogP contribution in [0.25, 0.3) is 0 Å². The van der Waals surface area contributed by atoms with E-state index in [0.29, 0.717) is 11.5 Å². The molecule has 0 spiro atoms. The van der Waals surface area contributed by atoms with Crippen molar-refractivity contribution in [2.45, 2.75) is 24.7 Å². The number of aromatic nitrogens is 2. The second-order valence-corrected chi connectivity index (χ2v) is 7.98. The second-order valence-electron chi connectivity index (χ2n) is 5.78. The van der Waals surface area contributed by atoms with Crippen molar-refractivity contribution in [2.75, 3.05) is 24.7 Å². The summed E-state index contributed by atoms with van der Waals surface area (Å²) in [6.07, 6.45) is 0. The van der Waals surface area contributed by atoms with Gasteiger partial charge in [0, 0.05) is 25.7 Å². The average Bonchev–Trinajstić information content (AvgIpc) is 3.00. The van der Waals surface area contributed by atoms with E-state index in [1.807, 2.05) is 0 Å². The molecule has 0 fully saturated rings. The van der Waals surface area contributed by atoms with Gasteiger partial charge in [0.2, 0.25) is 11.0 Å². The number of anilines is 1. The van der Waals surface area contributed by atoms with Crippen LogP contribution in [0.1, 0.15) is 19.4 Å². The van der Waals surface area contributed by atoms with Gasteiger partial charge in [-0.25, -0.2) is 4.39 Å². The third-order valence-corrected chi connectivity index (χ3v) is 5.18. The zero-order chi connectivity index (χ0) is 17.5. The minimum atomic E-state index is -0.296. The molecule has 8 heteroatoms. The lowest BCUT2D eigenvalue weighted by atomic mass is 10.2. The van der Waals surface area contributed by atoms with Gasteiger partial charge in [-0.05, 0) is 12.0 Å². The highest BCUT2D eigenvalue weighted by Crippen LogP contribution is 2.25. The Kier molecular flexibility index (Phi) is 6.99. The molecule has 1 aromatic heterocycles. The summed E-state index contributed by atoms with van der Waals surface area (Å²) < 4.78 is 14.4. The van der Waals surface area contributed by atoms with Gasteiger partial charge < -0.3 is 10.2 Å². The van der Waals surface area contributed by atoms with Crippen molar-refractivity contribution in [3.05, 3.63) is 35.6 Å². The minimum absolute atomic E-state index is 0.0739. The maximum Gasteiger partial charge on any atom is 0.233 e. The molecule has 1 heterocycles. The van der Waals surface area contributed by atoms with Crippen LogP contribution in [0.4, 0.5) is 9.52 Å². The number of nitrogens with one attached hydrogen (secondary N) is 1. The molecule has 2 aromatic rings. The number of hydrogen-bond acceptors (Lipinski definition) is 6. The molecule has 0 saturated carbocycles. The van der Waals surface area contributed by atoms with Gasteiger partial charge in [-0.3, -0.25) is 4.79 Å². The highest BCUT2D eigenvalue weighted by atomic mass is 32.2. The molecule has 1 N–H and O–H groups in total. The first-order chi connectivity index (χ1) is 11.5. The molecule has 5 nitrogen and oxygen atoms in total. The Morgan fingerprint density at radius 2 is 2.12 bits per heavy atom. The lowest BCUT2D eigenvalue weighted by molar-refractivity contribution is -0.127. The average molecular weight is 369 g/mol. The zero-order valence-electron chi connectivity index (χ0n) is 14.0. The third-order valence-electron chi connectivity index (χ3n) is 3.18. The van der Waals surface area contributed by atoms with Crippen molar-refractivity contribution in [3.8, 4) is 0 Å². The van der Waals surface area contributed by atoms with Crippen LogP contribution in [0.2, 0.25) is 0 Å². The summed E-state index contributed by atoms with van der Waals surface area (Å²) in [4.78, 5) is 13.7. The molecule has 0 radical (unpaired) electrons. The Hall–Kier alpha value is -1.67. The van der Waals surface area contributed by atoms with Crippen molar-refractivity contribution in [2.24, 2.45) is 5.92 Å². The fourth-order valence-corrected chi connectivity index (χ4v) is 3.53. The van der Waals surface area contributed by atoms with E-state index >= 15 is 0 Å². The van der Waals surface area contributed by atoms with Crippen LogP contribution in [0.15, 0.2) is 28.6 Å². The summed E-state index contributed by atoms with van der Waals surface area (Å²) in [6, 6.07) is 6.48. The Labute approximate surface area is 149 Å². The van der Waals surface area contributed by atoms with Crippen molar-refractivity contribution >= 4 is 34.1 Å². The number of halogens is 1. The van der Waals surface area contributed by atoms with Crippen LogP contribution in [-0.2, 0) is 11.3 Å². The van der Waals surface area contributed by atoms with Crippen LogP contribution in [0, 0.1) is 11.7 Å². The Morgan fingerprint density at radius 1 is 1.38 bits per heavy atom. The van der Waals surface area contributed by atoms with E-state index in [0.717, 1.165) is 16.0 Å². The number of carbonyl (C=O) groups is 1. The first-order valence-corrected chi connectivity index (χ1v) is 9.43. The monoisotopic (exact) mass is 368 g/mol. The van der Waals surface area contributed by atoms with Crippen molar-refractivity contribution in [3.63, 3.8) is 0 Å². The summed E-state index contributed by atoms with van der Waals surface area (Å²) in [5.41, 5.74) is 0.509. The number of amides is 1. The van der Waals surface area contributed by atoms with E-state index in [1.165, 1.54) is 34.1 Å². The van der Waals surface area contributed by atoms with Crippen molar-refractivity contribution in [1.82, 2.24) is 15.1 Å². The molecule has 1 amide bonds. The molecule has 0 aliphatic carbocycles. The number of hydrogen-bond donors (Lipinski definition) is 1. The highest BCUT2D eigenvalue weighted by Gasteiger charge is 2.13. The molecule has 0 bridgehead atoms. The van der Waals surface area contributed by atoms with Crippen LogP contribution >= 0.6 is 23.1 Å². The molecule has 0 aliphatic rings. The summed E-state index contributed by atoms with van der Waals surface area (Å²) in [5, 5.41) is 12.1. The van der Waals surface area contributed by atoms with Crippen molar-refractivity contribution < 1.29 is 9.18 Å². The van der Waals surface area contributed by atoms with Crippen LogP contribution in [-0.4, -0.2) is 40.3 Å². The zero-order valence-corrected chi connectivity index (χ0v) is 15.6. The van der Waals surface area contributed by atoms with Gasteiger partial charge in [-0.1, -0.05) is 55.1 Å². The number of nitrogens with zero attached hydrogens (tertiary/aromatic N) is 3. The Bertz CT molecular complexity index is 678. The Balaban J connectivity index is 1.81. The van der Waals surface area contributed by atoms with Gasteiger partial charge in [0.25, 0.3) is 0 Å². The van der Waals surface area contributed by atoms with Crippen LogP contribution in [0.5, 0.6) is 0 Å². The molecule has 0 unspecified atom stereocenters. The van der Waals surface area contributed by atoms with E-state index in [-0.39, 0.29) is 24.0 Å². The molecular weight excluding hydrogens is 347 g/mol. The van der Waals surface area contributed by atoms with Gasteiger partial charge in [-0.15, -0.1) is 10.2 Å². The first kappa shape index (κ1) is 18.7. The quantitative estimate of drug-likeness (QED) is 0.723. The fraction of sp³-hybridized carbons (Fsp3) is 0.438. The molecule has 1 aromatic carbocycles. The summed E-state index contributed by atoms with van der Waals surface area (Å²) in [7, 11) is 1.67. The lowest BCUT2D eigenvalue weighted by Gasteiger charge is -2.17. The normalized spacial score (nSPS) is 10.9. The number of carbonyl (C=O) groups excluding carboxylic acids is 1. The highest BCUT2D eigenvalue weighted by molar-refractivity contribution is 8.01. The van der Waals surface area contributed by atoms with E-state index in [9.17, 15) is 9.18 Å². The third kappa shape index (κ3) is 5.76. The van der Waals surface area contributed by atoms with Gasteiger partial charge in [0.1, 0.15) is 5.82 Å². The smallest absolute Gasteiger partial charge is 0.233 e. The topological polar surface area (TPSA) is 58.1 Å². The van der Waals surface area contributed by atoms with Gasteiger partial charge in [0.05, 0.1) is 5.75 Å². The Morgan fingerprint density at radius 3 is 2.83 bits per heavy atom. The second kappa shape index (κ2) is 8.98. The maximum atomic E-state index is 13.6. The molecule has 0 saturated heterocycles. The largest absolute Gasteiger partial charge is 0.360 e. The summed E-state index contributed by atoms with van der Waals surface area (Å²) in [6.45, 7) is 5.33. The number of benzene rings is 1. The molecule has 24 heavy (non-hydrogen) atoms. The fourth-order valence-electron chi connectivity index (χ4n) is 1.83. The molecule has 0 aliphatic heterocycles. The SMILES string of the molecule is CC(C)CNc1nnc(SCC(=O)N(C)Cc2ccccc2F)s1. The predicted octanol–water partition coefficient (Wildman–Crippen LogP) is 3.50. The van der Waals surface area contributed by atoms with E-state index in [1.54, 1.807) is 25.2 Å². The number of rotatable bonds is 8. The summed E-state index contributed by atoms with van der Waals surface area (Å²) in [5.74, 6) is 0.410. The maximum absolute atomic E-state index is 13.6. The molecule has 130 valence electrons. The van der Waals surface area contributed by atoms with Crippen LogP contribution in [0.3, 0.4) is 0 Å². The number of thioether (sulfide) groups is 1. The van der Waals surface area contributed by atoms with E-state index < -0.39 is 0 Å². The molecular formula is C16H21FN4OS2. The van der Waals surface area contributed by atoms with E-state index in [2.05, 4.69) is 29.4 Å². The standard InChI is InChI=1S/C16H21FN4OS2/c1-11(2)8-18-15-19-20-16(24-15)23-10-14(22)21(3)9-12-6-4-5-7-13(12)17/h4-7,11H,8-10H2,1-3H3,(H,18,19). The van der Waals surface area contributed by atoms with Crippen LogP contribution < -0.4 is 5.32 Å². The molecule has 0 atom stereocenters. The van der Waals surface area contributed by atoms with Gasteiger partial charge in [0.15, 0.2) is 4.34 Å². The van der Waals surface area contributed by atoms with E-state index in [4.69, 9.17) is 0 Å². The predicted molar refractivity (Wildman–Crippen MR) is 96.8 cm³/mol. The first-order valence-electron chi connectivity index (χ1n) is 7.63. The van der Waals surface area contributed by atoms with Gasteiger partial charge in [-0.2, -0.15) is 0 Å². The minimum Gasteiger partial charge on any atom is -0.360 e. The van der Waals surface area contributed by atoms with Crippen molar-refractivity contribution in [1.29, 1.82) is 0 Å². The summed E-state index contributed by atoms with van der Waals surface area (Å²) >= 11 is 2.78.